The van der Waals surface area contributed by atoms with Gasteiger partial charge in [-0.25, -0.2) is 4.98 Å². The molecule has 0 saturated carbocycles. The van der Waals surface area contributed by atoms with Crippen LogP contribution in [0.3, 0.4) is 0 Å². The molecule has 1 amide bonds. The van der Waals surface area contributed by atoms with E-state index in [1.54, 1.807) is 17.4 Å². The molecule has 2 aromatic heterocycles. The summed E-state index contributed by atoms with van der Waals surface area (Å²) < 4.78 is 3.75. The number of carbonyl (C=O) groups excluding carboxylic acids is 1. The molecule has 1 fully saturated rings. The van der Waals surface area contributed by atoms with Gasteiger partial charge in [0.15, 0.2) is 5.69 Å². The van der Waals surface area contributed by atoms with Gasteiger partial charge in [0, 0.05) is 37.7 Å². The molecule has 124 valence electrons. The van der Waals surface area contributed by atoms with Crippen LogP contribution in [0.5, 0.6) is 0 Å². The summed E-state index contributed by atoms with van der Waals surface area (Å²) in [6, 6.07) is 1.80. The highest BCUT2D eigenvalue weighted by molar-refractivity contribution is 5.92. The number of imidazole rings is 1. The minimum absolute atomic E-state index is 0.0368. The maximum atomic E-state index is 12.7. The quantitative estimate of drug-likeness (QED) is 0.924. The van der Waals surface area contributed by atoms with Gasteiger partial charge in [-0.2, -0.15) is 5.10 Å². The lowest BCUT2D eigenvalue weighted by atomic mass is 10.1. The second kappa shape index (κ2) is 6.54. The van der Waals surface area contributed by atoms with Crippen molar-refractivity contribution in [3.63, 3.8) is 0 Å². The van der Waals surface area contributed by atoms with Crippen molar-refractivity contribution in [1.29, 1.82) is 0 Å². The number of likely N-dealkylation sites (tertiary alicyclic amines) is 1. The third kappa shape index (κ3) is 3.14. The number of aliphatic hydroxyl groups is 1. The van der Waals surface area contributed by atoms with Crippen LogP contribution < -0.4 is 0 Å². The van der Waals surface area contributed by atoms with Crippen LogP contribution in [-0.2, 0) is 6.54 Å². The van der Waals surface area contributed by atoms with Crippen LogP contribution in [0.1, 0.15) is 42.0 Å². The number of aryl methyl sites for hydroxylation is 2. The molecular formula is C16H23N5O2. The summed E-state index contributed by atoms with van der Waals surface area (Å²) >= 11 is 0. The summed E-state index contributed by atoms with van der Waals surface area (Å²) in [5.74, 6) is -0.0567. The number of hydrogen-bond acceptors (Lipinski definition) is 4. The van der Waals surface area contributed by atoms with Crippen LogP contribution in [0.2, 0.25) is 0 Å². The highest BCUT2D eigenvalue weighted by Crippen LogP contribution is 2.24. The summed E-state index contributed by atoms with van der Waals surface area (Å²) in [4.78, 5) is 18.5. The molecule has 3 rings (SSSR count). The fourth-order valence-corrected chi connectivity index (χ4v) is 3.19. The standard InChI is InChI=1S/C16H23N5O2/c1-3-21-12(2)10-13(18-21)16(23)19-7-4-14(15(22)5-8-19)20-9-6-17-11-20/h6,9-11,14-15,22H,3-5,7-8H2,1-2H3/t14-,15-/m0/s1. The summed E-state index contributed by atoms with van der Waals surface area (Å²) in [7, 11) is 0. The van der Waals surface area contributed by atoms with Crippen molar-refractivity contribution in [2.45, 2.75) is 45.4 Å². The number of hydrogen-bond donors (Lipinski definition) is 1. The Kier molecular flexibility index (Phi) is 4.47. The van der Waals surface area contributed by atoms with E-state index < -0.39 is 6.10 Å². The highest BCUT2D eigenvalue weighted by Gasteiger charge is 2.29. The molecule has 0 spiro atoms. The monoisotopic (exact) mass is 317 g/mol. The van der Waals surface area contributed by atoms with Crippen molar-refractivity contribution in [3.8, 4) is 0 Å². The molecule has 1 N–H and O–H groups in total. The normalized spacial score (nSPS) is 22.1. The zero-order chi connectivity index (χ0) is 16.4. The zero-order valence-corrected chi connectivity index (χ0v) is 13.6. The van der Waals surface area contributed by atoms with E-state index in [9.17, 15) is 9.90 Å². The van der Waals surface area contributed by atoms with Crippen LogP contribution in [0.25, 0.3) is 0 Å². The Hall–Kier alpha value is -2.15. The van der Waals surface area contributed by atoms with E-state index in [0.29, 0.717) is 31.6 Å². The van der Waals surface area contributed by atoms with Gasteiger partial charge in [-0.3, -0.25) is 9.48 Å². The first-order valence-corrected chi connectivity index (χ1v) is 8.09. The van der Waals surface area contributed by atoms with Crippen molar-refractivity contribution in [3.05, 3.63) is 36.2 Å². The lowest BCUT2D eigenvalue weighted by molar-refractivity contribution is 0.0745. The van der Waals surface area contributed by atoms with E-state index in [-0.39, 0.29) is 11.9 Å². The van der Waals surface area contributed by atoms with Crippen LogP contribution in [0, 0.1) is 6.92 Å². The Labute approximate surface area is 135 Å². The molecule has 7 heteroatoms. The fraction of sp³-hybridized carbons (Fsp3) is 0.562. The highest BCUT2D eigenvalue weighted by atomic mass is 16.3. The fourth-order valence-electron chi connectivity index (χ4n) is 3.19. The third-order valence-corrected chi connectivity index (χ3v) is 4.53. The van der Waals surface area contributed by atoms with Crippen molar-refractivity contribution < 1.29 is 9.90 Å². The summed E-state index contributed by atoms with van der Waals surface area (Å²) in [5, 5.41) is 14.7. The number of carbonyl (C=O) groups is 1. The Morgan fingerprint density at radius 2 is 2.17 bits per heavy atom. The van der Waals surface area contributed by atoms with Gasteiger partial charge in [-0.05, 0) is 32.8 Å². The minimum atomic E-state index is -0.475. The number of aromatic nitrogens is 4. The van der Waals surface area contributed by atoms with Crippen molar-refractivity contribution in [2.75, 3.05) is 13.1 Å². The maximum Gasteiger partial charge on any atom is 0.274 e. The van der Waals surface area contributed by atoms with Gasteiger partial charge in [0.1, 0.15) is 0 Å². The van der Waals surface area contributed by atoms with E-state index in [4.69, 9.17) is 0 Å². The topological polar surface area (TPSA) is 76.2 Å². The molecule has 23 heavy (non-hydrogen) atoms. The Morgan fingerprint density at radius 1 is 1.39 bits per heavy atom. The van der Waals surface area contributed by atoms with Gasteiger partial charge in [0.25, 0.3) is 5.91 Å². The smallest absolute Gasteiger partial charge is 0.274 e. The van der Waals surface area contributed by atoms with Crippen molar-refractivity contribution >= 4 is 5.91 Å². The molecular weight excluding hydrogens is 294 g/mol. The predicted octanol–water partition coefficient (Wildman–Crippen LogP) is 1.25. The van der Waals surface area contributed by atoms with Gasteiger partial charge in [0.05, 0.1) is 18.5 Å². The van der Waals surface area contributed by atoms with Crippen LogP contribution in [-0.4, -0.2) is 54.4 Å². The van der Waals surface area contributed by atoms with Crippen molar-refractivity contribution in [1.82, 2.24) is 24.2 Å². The van der Waals surface area contributed by atoms with Gasteiger partial charge in [-0.1, -0.05) is 0 Å². The maximum absolute atomic E-state index is 12.7. The van der Waals surface area contributed by atoms with Gasteiger partial charge < -0.3 is 14.6 Å². The summed E-state index contributed by atoms with van der Waals surface area (Å²) in [6.45, 7) is 5.86. The van der Waals surface area contributed by atoms with Crippen LogP contribution in [0.15, 0.2) is 24.8 Å². The summed E-state index contributed by atoms with van der Waals surface area (Å²) in [6.07, 6.45) is 6.08. The second-order valence-corrected chi connectivity index (χ2v) is 6.00. The summed E-state index contributed by atoms with van der Waals surface area (Å²) in [5.41, 5.74) is 1.47. The Morgan fingerprint density at radius 3 is 2.83 bits per heavy atom. The van der Waals surface area contributed by atoms with Crippen LogP contribution >= 0.6 is 0 Å². The molecule has 0 unspecified atom stereocenters. The lowest BCUT2D eigenvalue weighted by Gasteiger charge is -2.21. The second-order valence-electron chi connectivity index (χ2n) is 6.00. The first-order chi connectivity index (χ1) is 11.1. The average Bonchev–Trinajstić information content (AvgIpc) is 3.15. The SMILES string of the molecule is CCn1nc(C(=O)N2CC[C@H](O)[C@@H](n3ccnc3)CC2)cc1C. The van der Waals surface area contributed by atoms with E-state index in [1.807, 2.05) is 35.4 Å². The Balaban J connectivity index is 1.73. The van der Waals surface area contributed by atoms with Gasteiger partial charge in [-0.15, -0.1) is 0 Å². The predicted molar refractivity (Wildman–Crippen MR) is 85.0 cm³/mol. The molecule has 0 aliphatic carbocycles. The minimum Gasteiger partial charge on any atom is -0.391 e. The molecule has 0 bridgehead atoms. The van der Waals surface area contributed by atoms with Gasteiger partial charge >= 0.3 is 0 Å². The molecule has 1 saturated heterocycles. The van der Waals surface area contributed by atoms with Crippen molar-refractivity contribution in [2.24, 2.45) is 0 Å². The first-order valence-electron chi connectivity index (χ1n) is 8.09. The molecule has 2 atom stereocenters. The van der Waals surface area contributed by atoms with E-state index in [2.05, 4.69) is 10.1 Å². The zero-order valence-electron chi connectivity index (χ0n) is 13.6. The molecule has 1 aliphatic rings. The molecule has 7 nitrogen and oxygen atoms in total. The van der Waals surface area contributed by atoms with E-state index in [0.717, 1.165) is 12.2 Å². The lowest BCUT2D eigenvalue weighted by Crippen LogP contribution is -2.32. The largest absolute Gasteiger partial charge is 0.391 e. The molecule has 1 aliphatic heterocycles. The average molecular weight is 317 g/mol. The molecule has 0 radical (unpaired) electrons. The number of nitrogens with zero attached hydrogens (tertiary/aromatic N) is 5. The van der Waals surface area contributed by atoms with Gasteiger partial charge in [0.2, 0.25) is 0 Å². The molecule has 3 heterocycles. The first kappa shape index (κ1) is 15.7. The molecule has 0 aromatic carbocycles. The van der Waals surface area contributed by atoms with E-state index >= 15 is 0 Å². The van der Waals surface area contributed by atoms with E-state index in [1.165, 1.54) is 0 Å². The number of rotatable bonds is 3. The molecule has 2 aromatic rings. The number of amides is 1. The van der Waals surface area contributed by atoms with Crippen LogP contribution in [0.4, 0.5) is 0 Å². The number of aliphatic hydroxyl groups excluding tert-OH is 1. The third-order valence-electron chi connectivity index (χ3n) is 4.53. The Bertz CT molecular complexity index is 664.